The first-order valence-corrected chi connectivity index (χ1v) is 9.73. The zero-order valence-corrected chi connectivity index (χ0v) is 17.1. The van der Waals surface area contributed by atoms with E-state index < -0.39 is 17.6 Å². The van der Waals surface area contributed by atoms with Crippen molar-refractivity contribution >= 4 is 11.6 Å². The van der Waals surface area contributed by atoms with Gasteiger partial charge in [-0.25, -0.2) is 18.6 Å². The number of benzene rings is 1. The second kappa shape index (κ2) is 8.12. The molecule has 0 radical (unpaired) electrons. The minimum atomic E-state index is -0.863. The third-order valence-corrected chi connectivity index (χ3v) is 5.34. The molecule has 0 spiro atoms. The number of morpholine rings is 1. The van der Waals surface area contributed by atoms with E-state index in [1.165, 1.54) is 0 Å². The molecule has 1 atom stereocenters. The molecule has 0 aliphatic carbocycles. The van der Waals surface area contributed by atoms with E-state index in [-0.39, 0.29) is 22.9 Å². The third kappa shape index (κ3) is 3.80. The minimum absolute atomic E-state index is 0.121. The van der Waals surface area contributed by atoms with Crippen LogP contribution in [0.3, 0.4) is 0 Å². The Hall–Kier alpha value is -2.84. The molecule has 8 heteroatoms. The molecule has 158 valence electrons. The zero-order valence-electron chi connectivity index (χ0n) is 17.1. The zero-order chi connectivity index (χ0) is 21.4. The minimum Gasteiger partial charge on any atom is -0.465 e. The number of pyridine rings is 1. The van der Waals surface area contributed by atoms with Crippen LogP contribution >= 0.6 is 0 Å². The van der Waals surface area contributed by atoms with Crippen LogP contribution in [-0.4, -0.2) is 60.2 Å². The molecule has 1 aliphatic rings. The SMILES string of the molecule is COC(=O)c1cc(F)c(-c2nc3cc(C)ccn3c2CC2CN(C)CCO2)c(F)c1. The van der Waals surface area contributed by atoms with Gasteiger partial charge in [0.1, 0.15) is 17.3 Å². The fourth-order valence-corrected chi connectivity index (χ4v) is 3.83. The first-order valence-electron chi connectivity index (χ1n) is 9.73. The van der Waals surface area contributed by atoms with E-state index in [0.29, 0.717) is 30.9 Å². The molecule has 1 unspecified atom stereocenters. The summed E-state index contributed by atoms with van der Waals surface area (Å²) in [5, 5.41) is 0. The lowest BCUT2D eigenvalue weighted by molar-refractivity contribution is -0.0190. The molecule has 0 N–H and O–H groups in total. The van der Waals surface area contributed by atoms with Crippen LogP contribution < -0.4 is 0 Å². The van der Waals surface area contributed by atoms with E-state index in [4.69, 9.17) is 4.74 Å². The quantitative estimate of drug-likeness (QED) is 0.613. The Morgan fingerprint density at radius 3 is 2.70 bits per heavy atom. The van der Waals surface area contributed by atoms with Crippen LogP contribution in [0.1, 0.15) is 21.6 Å². The van der Waals surface area contributed by atoms with E-state index >= 15 is 0 Å². The lowest BCUT2D eigenvalue weighted by Gasteiger charge is -2.30. The van der Waals surface area contributed by atoms with Crippen molar-refractivity contribution in [2.24, 2.45) is 0 Å². The number of imidazole rings is 1. The molecular formula is C22H23F2N3O3. The van der Waals surface area contributed by atoms with Crippen molar-refractivity contribution < 1.29 is 23.0 Å². The van der Waals surface area contributed by atoms with Gasteiger partial charge < -0.3 is 18.8 Å². The Balaban J connectivity index is 1.85. The van der Waals surface area contributed by atoms with Crippen molar-refractivity contribution in [2.75, 3.05) is 33.9 Å². The molecule has 2 aromatic heterocycles. The summed E-state index contributed by atoms with van der Waals surface area (Å²) in [5.41, 5.74) is 2.01. The van der Waals surface area contributed by atoms with Gasteiger partial charge in [0.25, 0.3) is 0 Å². The molecule has 1 aromatic carbocycles. The van der Waals surface area contributed by atoms with E-state index in [1.54, 1.807) is 0 Å². The highest BCUT2D eigenvalue weighted by atomic mass is 19.1. The van der Waals surface area contributed by atoms with Crippen molar-refractivity contribution in [3.63, 3.8) is 0 Å². The Morgan fingerprint density at radius 1 is 1.30 bits per heavy atom. The van der Waals surface area contributed by atoms with Crippen LogP contribution in [0, 0.1) is 18.6 Å². The maximum absolute atomic E-state index is 15.0. The number of fused-ring (bicyclic) bond motifs is 1. The monoisotopic (exact) mass is 415 g/mol. The van der Waals surface area contributed by atoms with Gasteiger partial charge in [-0.1, -0.05) is 0 Å². The fraction of sp³-hybridized carbons (Fsp3) is 0.364. The third-order valence-electron chi connectivity index (χ3n) is 5.34. The van der Waals surface area contributed by atoms with Gasteiger partial charge in [-0.15, -0.1) is 0 Å². The Kier molecular flexibility index (Phi) is 5.53. The number of esters is 1. The summed E-state index contributed by atoms with van der Waals surface area (Å²) in [5.74, 6) is -2.53. The van der Waals surface area contributed by atoms with Crippen molar-refractivity contribution in [2.45, 2.75) is 19.4 Å². The molecule has 1 aliphatic heterocycles. The second-order valence-electron chi connectivity index (χ2n) is 7.61. The number of carbonyl (C=O) groups is 1. The van der Waals surface area contributed by atoms with E-state index in [2.05, 4.69) is 14.6 Å². The highest BCUT2D eigenvalue weighted by Crippen LogP contribution is 2.32. The molecule has 3 heterocycles. The molecule has 30 heavy (non-hydrogen) atoms. The summed E-state index contributed by atoms with van der Waals surface area (Å²) in [7, 11) is 3.18. The number of nitrogens with zero attached hydrogens (tertiary/aromatic N) is 3. The number of rotatable bonds is 4. The van der Waals surface area contributed by atoms with Gasteiger partial charge in [-0.3, -0.25) is 0 Å². The maximum atomic E-state index is 15.0. The smallest absolute Gasteiger partial charge is 0.338 e. The van der Waals surface area contributed by atoms with Gasteiger partial charge in [0.05, 0.1) is 42.3 Å². The lowest BCUT2D eigenvalue weighted by atomic mass is 10.0. The van der Waals surface area contributed by atoms with Crippen LogP contribution in [0.4, 0.5) is 8.78 Å². The topological polar surface area (TPSA) is 56.1 Å². The van der Waals surface area contributed by atoms with Crippen molar-refractivity contribution in [1.29, 1.82) is 0 Å². The molecule has 3 aromatic rings. The second-order valence-corrected chi connectivity index (χ2v) is 7.61. The molecule has 4 rings (SSSR count). The normalized spacial score (nSPS) is 17.4. The Labute approximate surface area is 173 Å². The van der Waals surface area contributed by atoms with Crippen LogP contribution in [0.25, 0.3) is 16.9 Å². The average Bonchev–Trinajstić information content (AvgIpc) is 3.03. The van der Waals surface area contributed by atoms with Crippen LogP contribution in [-0.2, 0) is 15.9 Å². The van der Waals surface area contributed by atoms with Gasteiger partial charge >= 0.3 is 5.97 Å². The highest BCUT2D eigenvalue weighted by Gasteiger charge is 2.26. The number of aryl methyl sites for hydroxylation is 1. The summed E-state index contributed by atoms with van der Waals surface area (Å²) >= 11 is 0. The first-order chi connectivity index (χ1) is 14.4. The number of hydrogen-bond acceptors (Lipinski definition) is 5. The molecule has 1 fully saturated rings. The standard InChI is InChI=1S/C22H23F2N3O3/c1-13-4-5-27-18(11-15-12-26(2)6-7-30-15)21(25-19(27)8-13)20-16(23)9-14(10-17(20)24)22(28)29-3/h4-5,8-10,15H,6-7,11-12H2,1-3H3. The molecule has 0 saturated carbocycles. The van der Waals surface area contributed by atoms with Crippen LogP contribution in [0.5, 0.6) is 0 Å². The van der Waals surface area contributed by atoms with E-state index in [0.717, 1.165) is 31.4 Å². The predicted octanol–water partition coefficient (Wildman–Crippen LogP) is 3.25. The number of methoxy groups -OCH3 is 1. The number of likely N-dealkylation sites (N-methyl/N-ethyl adjacent to an activating group) is 1. The first kappa shape index (κ1) is 20.4. The molecule has 0 bridgehead atoms. The largest absolute Gasteiger partial charge is 0.465 e. The van der Waals surface area contributed by atoms with Crippen molar-refractivity contribution in [3.05, 3.63) is 58.9 Å². The molecular weight excluding hydrogens is 392 g/mol. The highest BCUT2D eigenvalue weighted by molar-refractivity contribution is 5.90. The van der Waals surface area contributed by atoms with E-state index in [9.17, 15) is 13.6 Å². The number of aromatic nitrogens is 2. The van der Waals surface area contributed by atoms with Crippen molar-refractivity contribution in [3.8, 4) is 11.3 Å². The fourth-order valence-electron chi connectivity index (χ4n) is 3.83. The summed E-state index contributed by atoms with van der Waals surface area (Å²) in [4.78, 5) is 18.4. The van der Waals surface area contributed by atoms with Gasteiger partial charge in [-0.2, -0.15) is 0 Å². The molecule has 0 amide bonds. The predicted molar refractivity (Wildman–Crippen MR) is 108 cm³/mol. The lowest BCUT2D eigenvalue weighted by Crippen LogP contribution is -2.41. The Bertz CT molecular complexity index is 1090. The number of ether oxygens (including phenoxy) is 2. The average molecular weight is 415 g/mol. The van der Waals surface area contributed by atoms with Gasteiger partial charge in [0.15, 0.2) is 0 Å². The van der Waals surface area contributed by atoms with Crippen LogP contribution in [0.2, 0.25) is 0 Å². The number of hydrogen-bond donors (Lipinski definition) is 0. The number of carbonyl (C=O) groups excluding carboxylic acids is 1. The summed E-state index contributed by atoms with van der Waals surface area (Å²) in [6, 6.07) is 5.74. The van der Waals surface area contributed by atoms with Gasteiger partial charge in [0.2, 0.25) is 0 Å². The Morgan fingerprint density at radius 2 is 2.03 bits per heavy atom. The number of halogens is 2. The summed E-state index contributed by atoms with van der Waals surface area (Å²) in [6.45, 7) is 4.08. The molecule has 1 saturated heterocycles. The molecule has 6 nitrogen and oxygen atoms in total. The maximum Gasteiger partial charge on any atom is 0.338 e. The van der Waals surface area contributed by atoms with E-state index in [1.807, 2.05) is 36.7 Å². The summed E-state index contributed by atoms with van der Waals surface area (Å²) in [6.07, 6.45) is 2.17. The summed E-state index contributed by atoms with van der Waals surface area (Å²) < 4.78 is 42.3. The van der Waals surface area contributed by atoms with Gasteiger partial charge in [0, 0.05) is 25.7 Å². The van der Waals surface area contributed by atoms with Gasteiger partial charge in [-0.05, 0) is 43.8 Å². The van der Waals surface area contributed by atoms with Crippen molar-refractivity contribution in [1.82, 2.24) is 14.3 Å². The van der Waals surface area contributed by atoms with Crippen LogP contribution in [0.15, 0.2) is 30.5 Å².